The Hall–Kier alpha value is -2.73. The van der Waals surface area contributed by atoms with Gasteiger partial charge in [0, 0.05) is 18.8 Å². The molecule has 0 heterocycles. The Labute approximate surface area is 118 Å². The molecule has 0 aliphatic rings. The first-order chi connectivity index (χ1) is 9.67. The molecule has 1 aromatic rings. The number of rotatable bonds is 7. The molecule has 6 heteroatoms. The smallest absolute Gasteiger partial charge is 0.260 e. The molecule has 0 saturated carbocycles. The van der Waals surface area contributed by atoms with Gasteiger partial charge in [-0.2, -0.15) is 10.5 Å². The average Bonchev–Trinajstić information content (AvgIpc) is 2.46. The van der Waals surface area contributed by atoms with Gasteiger partial charge in [0.2, 0.25) is 0 Å². The van der Waals surface area contributed by atoms with Gasteiger partial charge in [-0.05, 0) is 24.3 Å². The highest BCUT2D eigenvalue weighted by molar-refractivity contribution is 5.77. The Balaban J connectivity index is 2.50. The maximum Gasteiger partial charge on any atom is 0.260 e. The first-order valence-corrected chi connectivity index (χ1v) is 6.17. The number of hydrogen-bond donors (Lipinski definition) is 1. The molecule has 0 aliphatic carbocycles. The van der Waals surface area contributed by atoms with Crippen molar-refractivity contribution in [1.29, 1.82) is 10.5 Å². The standard InChI is InChI=1S/C14H16N4O2/c15-7-1-9-18(10-2-8-16)14(19)11-20-13-5-3-12(17)4-6-13/h3-6H,1-2,9-11,17H2. The third-order valence-electron chi connectivity index (χ3n) is 2.58. The van der Waals surface area contributed by atoms with E-state index in [-0.39, 0.29) is 25.4 Å². The molecule has 2 N–H and O–H groups in total. The minimum Gasteiger partial charge on any atom is -0.484 e. The lowest BCUT2D eigenvalue weighted by Gasteiger charge is -2.20. The Bertz CT molecular complexity index is 495. The summed E-state index contributed by atoms with van der Waals surface area (Å²) in [6.45, 7) is 0.491. The van der Waals surface area contributed by atoms with E-state index in [1.165, 1.54) is 4.90 Å². The van der Waals surface area contributed by atoms with Crippen molar-refractivity contribution >= 4 is 11.6 Å². The third-order valence-corrected chi connectivity index (χ3v) is 2.58. The third kappa shape index (κ3) is 5.28. The summed E-state index contributed by atoms with van der Waals surface area (Å²) in [7, 11) is 0. The van der Waals surface area contributed by atoms with E-state index in [2.05, 4.69) is 0 Å². The van der Waals surface area contributed by atoms with Gasteiger partial charge < -0.3 is 15.4 Å². The lowest BCUT2D eigenvalue weighted by atomic mass is 10.3. The topological polar surface area (TPSA) is 103 Å². The second-order valence-electron chi connectivity index (χ2n) is 4.05. The molecule has 0 saturated heterocycles. The molecule has 104 valence electrons. The minimum atomic E-state index is -0.243. The van der Waals surface area contributed by atoms with Crippen LogP contribution >= 0.6 is 0 Å². The van der Waals surface area contributed by atoms with Gasteiger partial charge >= 0.3 is 0 Å². The van der Waals surface area contributed by atoms with Crippen LogP contribution in [0.15, 0.2) is 24.3 Å². The van der Waals surface area contributed by atoms with Crippen LogP contribution in [-0.2, 0) is 4.79 Å². The van der Waals surface area contributed by atoms with Gasteiger partial charge in [-0.15, -0.1) is 0 Å². The fraction of sp³-hybridized carbons (Fsp3) is 0.357. The van der Waals surface area contributed by atoms with Crippen molar-refractivity contribution in [2.24, 2.45) is 0 Å². The maximum atomic E-state index is 12.0. The molecule has 6 nitrogen and oxygen atoms in total. The predicted octanol–water partition coefficient (Wildman–Crippen LogP) is 1.30. The SMILES string of the molecule is N#CCCN(CCC#N)C(=O)COc1ccc(N)cc1. The van der Waals surface area contributed by atoms with Crippen LogP contribution in [0.3, 0.4) is 0 Å². The number of carbonyl (C=O) groups excluding carboxylic acids is 1. The molecule has 0 aromatic heterocycles. The second kappa shape index (κ2) is 8.39. The van der Waals surface area contributed by atoms with E-state index >= 15 is 0 Å². The Morgan fingerprint density at radius 2 is 1.70 bits per heavy atom. The summed E-state index contributed by atoms with van der Waals surface area (Å²) >= 11 is 0. The highest BCUT2D eigenvalue weighted by Crippen LogP contribution is 2.13. The van der Waals surface area contributed by atoms with Crippen LogP contribution in [-0.4, -0.2) is 30.5 Å². The van der Waals surface area contributed by atoms with E-state index in [0.717, 1.165) is 0 Å². The Kier molecular flexibility index (Phi) is 6.43. The van der Waals surface area contributed by atoms with Gasteiger partial charge in [-0.25, -0.2) is 0 Å². The van der Waals surface area contributed by atoms with Crippen molar-refractivity contribution in [1.82, 2.24) is 4.90 Å². The van der Waals surface area contributed by atoms with Crippen molar-refractivity contribution in [3.63, 3.8) is 0 Å². The van der Waals surface area contributed by atoms with E-state index < -0.39 is 0 Å². The minimum absolute atomic E-state index is 0.124. The summed E-state index contributed by atoms with van der Waals surface area (Å²) in [4.78, 5) is 13.4. The fourth-order valence-electron chi connectivity index (χ4n) is 1.53. The number of anilines is 1. The van der Waals surface area contributed by atoms with Crippen LogP contribution in [0.25, 0.3) is 0 Å². The molecule has 1 amide bonds. The van der Waals surface area contributed by atoms with Gasteiger partial charge in [-0.1, -0.05) is 0 Å². The monoisotopic (exact) mass is 272 g/mol. The predicted molar refractivity (Wildman–Crippen MR) is 73.4 cm³/mol. The van der Waals surface area contributed by atoms with E-state index in [1.807, 2.05) is 12.1 Å². The van der Waals surface area contributed by atoms with E-state index in [9.17, 15) is 4.79 Å². The second-order valence-corrected chi connectivity index (χ2v) is 4.05. The van der Waals surface area contributed by atoms with Crippen molar-refractivity contribution in [2.75, 3.05) is 25.4 Å². The number of benzene rings is 1. The number of nitriles is 2. The Morgan fingerprint density at radius 1 is 1.15 bits per heavy atom. The number of nitrogen functional groups attached to an aromatic ring is 1. The summed E-state index contributed by atoms with van der Waals surface area (Å²) in [5.41, 5.74) is 6.17. The van der Waals surface area contributed by atoms with E-state index in [1.54, 1.807) is 24.3 Å². The quantitative estimate of drug-likeness (QED) is 0.753. The van der Waals surface area contributed by atoms with Gasteiger partial charge in [0.15, 0.2) is 6.61 Å². The van der Waals surface area contributed by atoms with Gasteiger partial charge in [-0.3, -0.25) is 4.79 Å². The van der Waals surface area contributed by atoms with Gasteiger partial charge in [0.05, 0.1) is 25.0 Å². The fourth-order valence-corrected chi connectivity index (χ4v) is 1.53. The molecule has 0 spiro atoms. The van der Waals surface area contributed by atoms with Crippen LogP contribution in [0, 0.1) is 22.7 Å². The molecular weight excluding hydrogens is 256 g/mol. The summed E-state index contributed by atoms with van der Waals surface area (Å²) in [5, 5.41) is 17.1. The number of nitrogens with zero attached hydrogens (tertiary/aromatic N) is 3. The summed E-state index contributed by atoms with van der Waals surface area (Å²) in [5.74, 6) is 0.306. The molecule has 0 bridgehead atoms. The number of hydrogen-bond acceptors (Lipinski definition) is 5. The first-order valence-electron chi connectivity index (χ1n) is 6.17. The lowest BCUT2D eigenvalue weighted by molar-refractivity contribution is -0.133. The van der Waals surface area contributed by atoms with Crippen LogP contribution in [0.1, 0.15) is 12.8 Å². The van der Waals surface area contributed by atoms with Crippen LogP contribution in [0.4, 0.5) is 5.69 Å². The summed E-state index contributed by atoms with van der Waals surface area (Å²) in [6, 6.07) is 10.7. The molecular formula is C14H16N4O2. The number of nitrogens with two attached hydrogens (primary N) is 1. The highest BCUT2D eigenvalue weighted by atomic mass is 16.5. The Morgan fingerprint density at radius 3 is 2.20 bits per heavy atom. The first kappa shape index (κ1) is 15.3. The van der Waals surface area contributed by atoms with Crippen molar-refractivity contribution in [3.8, 4) is 17.9 Å². The maximum absolute atomic E-state index is 12.0. The van der Waals surface area contributed by atoms with E-state index in [0.29, 0.717) is 24.5 Å². The number of carbonyl (C=O) groups is 1. The summed E-state index contributed by atoms with van der Waals surface area (Å²) in [6.07, 6.45) is 0.470. The molecule has 0 fully saturated rings. The molecule has 1 rings (SSSR count). The molecule has 1 aromatic carbocycles. The average molecular weight is 272 g/mol. The zero-order chi connectivity index (χ0) is 14.8. The normalized spacial score (nSPS) is 9.30. The van der Waals surface area contributed by atoms with E-state index in [4.69, 9.17) is 21.0 Å². The molecule has 20 heavy (non-hydrogen) atoms. The number of ether oxygens (including phenoxy) is 1. The number of amides is 1. The van der Waals surface area contributed by atoms with Gasteiger partial charge in [0.1, 0.15) is 5.75 Å². The van der Waals surface area contributed by atoms with Crippen molar-refractivity contribution in [2.45, 2.75) is 12.8 Å². The highest BCUT2D eigenvalue weighted by Gasteiger charge is 2.13. The van der Waals surface area contributed by atoms with Gasteiger partial charge in [0.25, 0.3) is 5.91 Å². The van der Waals surface area contributed by atoms with Crippen molar-refractivity contribution < 1.29 is 9.53 Å². The lowest BCUT2D eigenvalue weighted by Crippen LogP contribution is -2.36. The zero-order valence-corrected chi connectivity index (χ0v) is 11.1. The van der Waals surface area contributed by atoms with Crippen LogP contribution in [0.2, 0.25) is 0 Å². The molecule has 0 atom stereocenters. The zero-order valence-electron chi connectivity index (χ0n) is 11.1. The largest absolute Gasteiger partial charge is 0.484 e. The van der Waals surface area contributed by atoms with Crippen LogP contribution in [0.5, 0.6) is 5.75 Å². The van der Waals surface area contributed by atoms with Crippen molar-refractivity contribution in [3.05, 3.63) is 24.3 Å². The molecule has 0 aliphatic heterocycles. The van der Waals surface area contributed by atoms with Crippen LogP contribution < -0.4 is 10.5 Å². The summed E-state index contributed by atoms with van der Waals surface area (Å²) < 4.78 is 5.35. The molecule has 0 radical (unpaired) electrons. The molecule has 0 unspecified atom stereocenters.